The molecule has 148 valence electrons. The Kier molecular flexibility index (Phi) is 6.63. The van der Waals surface area contributed by atoms with E-state index in [-0.39, 0.29) is 18.3 Å². The highest BCUT2D eigenvalue weighted by molar-refractivity contribution is 5.98. The van der Waals surface area contributed by atoms with E-state index in [2.05, 4.69) is 12.1 Å². The highest BCUT2D eigenvalue weighted by Crippen LogP contribution is 2.20. The van der Waals surface area contributed by atoms with Crippen molar-refractivity contribution in [1.82, 2.24) is 0 Å². The molecule has 0 heterocycles. The van der Waals surface area contributed by atoms with Crippen molar-refractivity contribution in [2.24, 2.45) is 5.73 Å². The van der Waals surface area contributed by atoms with E-state index in [1.807, 2.05) is 49.4 Å². The Balaban J connectivity index is 1.66. The van der Waals surface area contributed by atoms with E-state index in [0.717, 1.165) is 12.1 Å². The normalized spacial score (nSPS) is 10.4. The summed E-state index contributed by atoms with van der Waals surface area (Å²) in [4.78, 5) is 14.4. The Morgan fingerprint density at radius 1 is 0.931 bits per heavy atom. The molecule has 5 heteroatoms. The van der Waals surface area contributed by atoms with Gasteiger partial charge in [-0.1, -0.05) is 54.6 Å². The Hall–Kier alpha value is -3.60. The molecule has 0 aliphatic carbocycles. The molecular formula is C24H25N3O2. The monoisotopic (exact) mass is 387 g/mol. The van der Waals surface area contributed by atoms with Crippen molar-refractivity contribution < 1.29 is 9.53 Å². The smallest absolute Gasteiger partial charge is 0.264 e. The van der Waals surface area contributed by atoms with Crippen LogP contribution in [0.5, 0.6) is 5.75 Å². The maximum atomic E-state index is 12.7. The molecule has 0 aliphatic rings. The first-order chi connectivity index (χ1) is 14.1. The minimum absolute atomic E-state index is 0.0885. The van der Waals surface area contributed by atoms with Gasteiger partial charge in [-0.15, -0.1) is 0 Å². The Morgan fingerprint density at radius 2 is 1.55 bits per heavy atom. The number of rotatable bonds is 8. The summed E-state index contributed by atoms with van der Waals surface area (Å²) >= 11 is 0. The van der Waals surface area contributed by atoms with Crippen LogP contribution < -0.4 is 15.4 Å². The summed E-state index contributed by atoms with van der Waals surface area (Å²) in [6.07, 6.45) is 0.853. The van der Waals surface area contributed by atoms with Gasteiger partial charge < -0.3 is 15.4 Å². The molecule has 0 saturated heterocycles. The number of amidine groups is 1. The molecule has 1 amide bonds. The van der Waals surface area contributed by atoms with Gasteiger partial charge in [0.15, 0.2) is 6.61 Å². The number of nitrogens with two attached hydrogens (primary N) is 1. The maximum absolute atomic E-state index is 12.7. The van der Waals surface area contributed by atoms with Gasteiger partial charge in [0.05, 0.1) is 5.56 Å². The zero-order valence-electron chi connectivity index (χ0n) is 16.5. The van der Waals surface area contributed by atoms with Gasteiger partial charge in [0.25, 0.3) is 5.91 Å². The van der Waals surface area contributed by atoms with Crippen molar-refractivity contribution in [2.75, 3.05) is 18.1 Å². The van der Waals surface area contributed by atoms with Gasteiger partial charge >= 0.3 is 0 Å². The maximum Gasteiger partial charge on any atom is 0.264 e. The van der Waals surface area contributed by atoms with E-state index >= 15 is 0 Å². The highest BCUT2D eigenvalue weighted by Gasteiger charge is 2.16. The number of amides is 1. The SMILES string of the molecule is CCN(C(=O)COc1ccccc1C(=N)N)c1ccc(Cc2ccccc2)cc1. The van der Waals surface area contributed by atoms with Gasteiger partial charge in [0, 0.05) is 12.2 Å². The van der Waals surface area contributed by atoms with Gasteiger partial charge in [-0.05, 0) is 48.7 Å². The second-order valence-corrected chi connectivity index (χ2v) is 6.67. The van der Waals surface area contributed by atoms with Crippen LogP contribution >= 0.6 is 0 Å². The summed E-state index contributed by atoms with van der Waals surface area (Å²) in [7, 11) is 0. The third kappa shape index (κ3) is 5.23. The third-order valence-electron chi connectivity index (χ3n) is 4.64. The Labute approximate surface area is 171 Å². The van der Waals surface area contributed by atoms with Gasteiger partial charge in [-0.25, -0.2) is 0 Å². The molecule has 3 rings (SSSR count). The number of nitrogens with zero attached hydrogens (tertiary/aromatic N) is 1. The number of likely N-dealkylation sites (N-methyl/N-ethyl adjacent to an activating group) is 1. The lowest BCUT2D eigenvalue weighted by Gasteiger charge is -2.22. The molecule has 0 atom stereocenters. The predicted molar refractivity (Wildman–Crippen MR) is 117 cm³/mol. The number of hydrogen-bond donors (Lipinski definition) is 2. The fourth-order valence-corrected chi connectivity index (χ4v) is 3.16. The van der Waals surface area contributed by atoms with Crippen molar-refractivity contribution in [2.45, 2.75) is 13.3 Å². The topological polar surface area (TPSA) is 79.4 Å². The first kappa shape index (κ1) is 20.1. The number of ether oxygens (including phenoxy) is 1. The number of anilines is 1. The summed E-state index contributed by atoms with van der Waals surface area (Å²) < 4.78 is 5.66. The third-order valence-corrected chi connectivity index (χ3v) is 4.64. The van der Waals surface area contributed by atoms with E-state index in [9.17, 15) is 4.79 Å². The largest absolute Gasteiger partial charge is 0.483 e. The van der Waals surface area contributed by atoms with Crippen LogP contribution in [0.1, 0.15) is 23.6 Å². The van der Waals surface area contributed by atoms with E-state index in [0.29, 0.717) is 17.9 Å². The van der Waals surface area contributed by atoms with Crippen molar-refractivity contribution in [3.05, 3.63) is 95.6 Å². The molecule has 0 bridgehead atoms. The van der Waals surface area contributed by atoms with E-state index in [1.54, 1.807) is 29.2 Å². The second kappa shape index (κ2) is 9.55. The second-order valence-electron chi connectivity index (χ2n) is 6.67. The number of nitrogen functional groups attached to an aromatic ring is 1. The number of benzene rings is 3. The zero-order chi connectivity index (χ0) is 20.6. The van der Waals surface area contributed by atoms with Crippen LogP contribution in [0.4, 0.5) is 5.69 Å². The minimum atomic E-state index is -0.151. The van der Waals surface area contributed by atoms with Crippen LogP contribution in [0.2, 0.25) is 0 Å². The Morgan fingerprint density at radius 3 is 2.21 bits per heavy atom. The summed E-state index contributed by atoms with van der Waals surface area (Å²) in [6.45, 7) is 2.35. The molecule has 29 heavy (non-hydrogen) atoms. The van der Waals surface area contributed by atoms with Gasteiger partial charge in [0.2, 0.25) is 0 Å². The van der Waals surface area contributed by atoms with Gasteiger partial charge in [-0.3, -0.25) is 10.2 Å². The molecule has 3 aromatic carbocycles. The minimum Gasteiger partial charge on any atom is -0.483 e. The standard InChI is InChI=1S/C24H25N3O2/c1-2-27(23(28)17-29-22-11-7-6-10-21(22)24(25)26)20-14-12-19(13-15-20)16-18-8-4-3-5-9-18/h3-15H,2,16-17H2,1H3,(H3,25,26). The predicted octanol–water partition coefficient (Wildman–Crippen LogP) is 3.99. The molecule has 0 unspecified atom stereocenters. The molecule has 3 N–H and O–H groups in total. The molecule has 0 aromatic heterocycles. The van der Waals surface area contributed by atoms with Crippen LogP contribution in [0.3, 0.4) is 0 Å². The summed E-state index contributed by atoms with van der Waals surface area (Å²) in [6, 6.07) is 25.3. The molecule has 0 radical (unpaired) electrons. The molecule has 3 aromatic rings. The number of nitrogens with one attached hydrogen (secondary N) is 1. The van der Waals surface area contributed by atoms with E-state index in [1.165, 1.54) is 11.1 Å². The summed E-state index contributed by atoms with van der Waals surface area (Å²) in [5.41, 5.74) is 9.33. The fourth-order valence-electron chi connectivity index (χ4n) is 3.16. The molecule has 0 saturated carbocycles. The average Bonchev–Trinajstić information content (AvgIpc) is 2.75. The number of carbonyl (C=O) groups is 1. The first-order valence-electron chi connectivity index (χ1n) is 9.58. The van der Waals surface area contributed by atoms with Gasteiger partial charge in [-0.2, -0.15) is 0 Å². The zero-order valence-corrected chi connectivity index (χ0v) is 16.5. The summed E-state index contributed by atoms with van der Waals surface area (Å²) in [5.74, 6) is 0.193. The average molecular weight is 387 g/mol. The van der Waals surface area contributed by atoms with Crippen molar-refractivity contribution >= 4 is 17.4 Å². The van der Waals surface area contributed by atoms with E-state index in [4.69, 9.17) is 15.9 Å². The molecule has 0 fully saturated rings. The van der Waals surface area contributed by atoms with Crippen molar-refractivity contribution in [1.29, 1.82) is 5.41 Å². The number of para-hydroxylation sites is 1. The number of carbonyl (C=O) groups excluding carboxylic acids is 1. The van der Waals surface area contributed by atoms with Crippen LogP contribution in [0, 0.1) is 5.41 Å². The van der Waals surface area contributed by atoms with Crippen LogP contribution in [-0.2, 0) is 11.2 Å². The van der Waals surface area contributed by atoms with Crippen LogP contribution in [-0.4, -0.2) is 24.9 Å². The molecular weight excluding hydrogens is 362 g/mol. The first-order valence-corrected chi connectivity index (χ1v) is 9.58. The van der Waals surface area contributed by atoms with Gasteiger partial charge in [0.1, 0.15) is 11.6 Å². The number of hydrogen-bond acceptors (Lipinski definition) is 3. The summed E-state index contributed by atoms with van der Waals surface area (Å²) in [5, 5.41) is 7.62. The van der Waals surface area contributed by atoms with E-state index < -0.39 is 0 Å². The van der Waals surface area contributed by atoms with Crippen LogP contribution in [0.25, 0.3) is 0 Å². The van der Waals surface area contributed by atoms with Crippen molar-refractivity contribution in [3.8, 4) is 5.75 Å². The fraction of sp³-hybridized carbons (Fsp3) is 0.167. The lowest BCUT2D eigenvalue weighted by molar-refractivity contribution is -0.120. The highest BCUT2D eigenvalue weighted by atomic mass is 16.5. The molecule has 5 nitrogen and oxygen atoms in total. The Bertz CT molecular complexity index is 969. The van der Waals surface area contributed by atoms with Crippen molar-refractivity contribution in [3.63, 3.8) is 0 Å². The lowest BCUT2D eigenvalue weighted by Crippen LogP contribution is -2.35. The molecule has 0 spiro atoms. The lowest BCUT2D eigenvalue weighted by atomic mass is 10.0. The molecule has 0 aliphatic heterocycles. The quantitative estimate of drug-likeness (QED) is 0.453. The van der Waals surface area contributed by atoms with Crippen LogP contribution in [0.15, 0.2) is 78.9 Å².